The van der Waals surface area contributed by atoms with Crippen LogP contribution in [0.15, 0.2) is 48.5 Å². The third kappa shape index (κ3) is 7.58. The number of esters is 1. The predicted molar refractivity (Wildman–Crippen MR) is 116 cm³/mol. The van der Waals surface area contributed by atoms with Crippen molar-refractivity contribution < 1.29 is 23.9 Å². The van der Waals surface area contributed by atoms with E-state index in [0.29, 0.717) is 29.3 Å². The molecule has 30 heavy (non-hydrogen) atoms. The molecule has 1 atom stereocenters. The van der Waals surface area contributed by atoms with Crippen LogP contribution in [0.4, 0.5) is 11.4 Å². The lowest BCUT2D eigenvalue weighted by Gasteiger charge is -2.14. The second-order valence-corrected chi connectivity index (χ2v) is 6.88. The van der Waals surface area contributed by atoms with E-state index < -0.39 is 18.0 Å². The summed E-state index contributed by atoms with van der Waals surface area (Å²) in [5, 5.41) is 5.32. The maximum Gasteiger partial charge on any atom is 0.338 e. The van der Waals surface area contributed by atoms with Gasteiger partial charge in [0.1, 0.15) is 5.75 Å². The molecule has 2 aromatic rings. The Hall–Kier alpha value is -3.35. The third-order valence-corrected chi connectivity index (χ3v) is 4.23. The van der Waals surface area contributed by atoms with Crippen molar-refractivity contribution in [1.82, 2.24) is 0 Å². The van der Waals surface area contributed by atoms with Gasteiger partial charge in [0, 0.05) is 18.3 Å². The fraction of sp³-hybridized carbons (Fsp3) is 0.348. The highest BCUT2D eigenvalue weighted by atomic mass is 16.5. The van der Waals surface area contributed by atoms with Gasteiger partial charge in [0.05, 0.1) is 12.2 Å². The van der Waals surface area contributed by atoms with Crippen LogP contribution in [-0.2, 0) is 14.3 Å². The summed E-state index contributed by atoms with van der Waals surface area (Å²) in [5.41, 5.74) is 1.49. The number of unbranched alkanes of at least 4 members (excludes halogenated alkanes) is 2. The predicted octanol–water partition coefficient (Wildman–Crippen LogP) is 4.40. The van der Waals surface area contributed by atoms with Crippen molar-refractivity contribution in [3.8, 4) is 5.75 Å². The first kappa shape index (κ1) is 22.9. The number of rotatable bonds is 10. The van der Waals surface area contributed by atoms with Crippen molar-refractivity contribution in [3.05, 3.63) is 54.1 Å². The van der Waals surface area contributed by atoms with E-state index in [0.717, 1.165) is 19.3 Å². The van der Waals surface area contributed by atoms with Crippen LogP contribution in [0.5, 0.6) is 5.75 Å². The van der Waals surface area contributed by atoms with E-state index in [2.05, 4.69) is 17.6 Å². The maximum atomic E-state index is 12.3. The maximum absolute atomic E-state index is 12.3. The summed E-state index contributed by atoms with van der Waals surface area (Å²) < 4.78 is 10.9. The number of anilines is 2. The summed E-state index contributed by atoms with van der Waals surface area (Å²) in [5.74, 6) is -0.526. The van der Waals surface area contributed by atoms with Gasteiger partial charge in [-0.25, -0.2) is 4.79 Å². The molecule has 0 aliphatic carbocycles. The highest BCUT2D eigenvalue weighted by Gasteiger charge is 2.19. The molecule has 0 radical (unpaired) electrons. The molecule has 0 fully saturated rings. The van der Waals surface area contributed by atoms with Crippen LogP contribution >= 0.6 is 0 Å². The topological polar surface area (TPSA) is 93.7 Å². The molecule has 0 spiro atoms. The molecule has 0 aliphatic rings. The highest BCUT2D eigenvalue weighted by Crippen LogP contribution is 2.16. The molecule has 0 heterocycles. The Balaban J connectivity index is 1.84. The van der Waals surface area contributed by atoms with E-state index in [9.17, 15) is 14.4 Å². The van der Waals surface area contributed by atoms with E-state index in [-0.39, 0.29) is 5.91 Å². The first-order valence-electron chi connectivity index (χ1n) is 10.0. The number of carbonyl (C=O) groups excluding carboxylic acids is 3. The van der Waals surface area contributed by atoms with Crippen molar-refractivity contribution in [2.24, 2.45) is 0 Å². The molecule has 0 aliphatic heterocycles. The number of carbonyl (C=O) groups is 3. The lowest BCUT2D eigenvalue weighted by molar-refractivity contribution is -0.123. The molecule has 0 unspecified atom stereocenters. The SMILES string of the molecule is CCCCCOc1ccc(C(=O)O[C@H](C)C(=O)Nc2ccc(NC(C)=O)cc2)cc1. The summed E-state index contributed by atoms with van der Waals surface area (Å²) in [4.78, 5) is 35.6. The Morgan fingerprint density at radius 1 is 0.900 bits per heavy atom. The summed E-state index contributed by atoms with van der Waals surface area (Å²) >= 11 is 0. The molecule has 7 heteroatoms. The molecule has 0 saturated heterocycles. The van der Waals surface area contributed by atoms with E-state index in [4.69, 9.17) is 9.47 Å². The number of hydrogen-bond donors (Lipinski definition) is 2. The molecule has 2 N–H and O–H groups in total. The number of benzene rings is 2. The standard InChI is InChI=1S/C23H28N2O5/c1-4-5-6-15-29-21-13-7-18(8-14-21)23(28)30-16(2)22(27)25-20-11-9-19(10-12-20)24-17(3)26/h7-14,16H,4-6,15H2,1-3H3,(H,24,26)(H,25,27)/t16-/m1/s1. The Bertz CT molecular complexity index is 847. The minimum Gasteiger partial charge on any atom is -0.494 e. The Labute approximate surface area is 176 Å². The van der Waals surface area contributed by atoms with Crippen LogP contribution < -0.4 is 15.4 Å². The van der Waals surface area contributed by atoms with Crippen LogP contribution in [0.3, 0.4) is 0 Å². The van der Waals surface area contributed by atoms with Gasteiger partial charge in [0.25, 0.3) is 5.91 Å². The molecule has 2 aromatic carbocycles. The van der Waals surface area contributed by atoms with Gasteiger partial charge in [0.2, 0.25) is 5.91 Å². The highest BCUT2D eigenvalue weighted by molar-refractivity contribution is 5.97. The zero-order valence-corrected chi connectivity index (χ0v) is 17.6. The van der Waals surface area contributed by atoms with Crippen molar-refractivity contribution in [2.75, 3.05) is 17.2 Å². The normalized spacial score (nSPS) is 11.3. The smallest absolute Gasteiger partial charge is 0.338 e. The van der Waals surface area contributed by atoms with Crippen LogP contribution in [-0.4, -0.2) is 30.5 Å². The van der Waals surface area contributed by atoms with E-state index in [1.807, 2.05) is 0 Å². The lowest BCUT2D eigenvalue weighted by atomic mass is 10.2. The molecule has 160 valence electrons. The molecule has 2 amide bonds. The van der Waals surface area contributed by atoms with Crippen LogP contribution in [0.2, 0.25) is 0 Å². The van der Waals surface area contributed by atoms with E-state index in [1.165, 1.54) is 13.8 Å². The average molecular weight is 412 g/mol. The van der Waals surface area contributed by atoms with E-state index in [1.54, 1.807) is 48.5 Å². The molecule has 2 rings (SSSR count). The Morgan fingerprint density at radius 3 is 2.07 bits per heavy atom. The fourth-order valence-corrected chi connectivity index (χ4v) is 2.60. The summed E-state index contributed by atoms with van der Waals surface area (Å²) in [7, 11) is 0. The average Bonchev–Trinajstić information content (AvgIpc) is 2.72. The Morgan fingerprint density at radius 2 is 1.50 bits per heavy atom. The first-order valence-corrected chi connectivity index (χ1v) is 10.0. The minimum absolute atomic E-state index is 0.177. The van der Waals surface area contributed by atoms with Gasteiger partial charge in [0.15, 0.2) is 6.10 Å². The van der Waals surface area contributed by atoms with Crippen molar-refractivity contribution in [2.45, 2.75) is 46.1 Å². The first-order chi connectivity index (χ1) is 14.4. The zero-order valence-electron chi connectivity index (χ0n) is 17.6. The fourth-order valence-electron chi connectivity index (χ4n) is 2.60. The molecule has 0 aromatic heterocycles. The quantitative estimate of drug-likeness (QED) is 0.446. The summed E-state index contributed by atoms with van der Waals surface area (Å²) in [6.45, 7) is 5.69. The summed E-state index contributed by atoms with van der Waals surface area (Å²) in [6, 6.07) is 13.3. The minimum atomic E-state index is -0.975. The molecule has 0 saturated carbocycles. The second kappa shape index (κ2) is 11.6. The van der Waals surface area contributed by atoms with Gasteiger partial charge in [-0.15, -0.1) is 0 Å². The van der Waals surface area contributed by atoms with Gasteiger partial charge in [-0.2, -0.15) is 0 Å². The van der Waals surface area contributed by atoms with E-state index >= 15 is 0 Å². The number of nitrogens with one attached hydrogen (secondary N) is 2. The van der Waals surface area contributed by atoms with Gasteiger partial charge in [-0.1, -0.05) is 19.8 Å². The van der Waals surface area contributed by atoms with Crippen molar-refractivity contribution in [1.29, 1.82) is 0 Å². The number of hydrogen-bond acceptors (Lipinski definition) is 5. The Kier molecular flexibility index (Phi) is 8.87. The molecule has 0 bridgehead atoms. The van der Waals surface area contributed by atoms with Gasteiger partial charge >= 0.3 is 5.97 Å². The molecular formula is C23H28N2O5. The third-order valence-electron chi connectivity index (χ3n) is 4.23. The van der Waals surface area contributed by atoms with Crippen molar-refractivity contribution in [3.63, 3.8) is 0 Å². The largest absolute Gasteiger partial charge is 0.494 e. The van der Waals surface area contributed by atoms with Gasteiger partial charge in [-0.3, -0.25) is 9.59 Å². The monoisotopic (exact) mass is 412 g/mol. The number of amides is 2. The molecular weight excluding hydrogens is 384 g/mol. The zero-order chi connectivity index (χ0) is 21.9. The van der Waals surface area contributed by atoms with Crippen molar-refractivity contribution >= 4 is 29.2 Å². The number of ether oxygens (including phenoxy) is 2. The molecule has 7 nitrogen and oxygen atoms in total. The van der Waals surface area contributed by atoms with Gasteiger partial charge in [-0.05, 0) is 61.9 Å². The van der Waals surface area contributed by atoms with Gasteiger partial charge < -0.3 is 20.1 Å². The second-order valence-electron chi connectivity index (χ2n) is 6.88. The van der Waals surface area contributed by atoms with Crippen LogP contribution in [0.1, 0.15) is 50.4 Å². The summed E-state index contributed by atoms with van der Waals surface area (Å²) in [6.07, 6.45) is 2.26. The van der Waals surface area contributed by atoms with Crippen LogP contribution in [0.25, 0.3) is 0 Å². The lowest BCUT2D eigenvalue weighted by Crippen LogP contribution is -2.30. The van der Waals surface area contributed by atoms with Crippen LogP contribution in [0, 0.1) is 0 Å².